The van der Waals surface area contributed by atoms with Crippen molar-refractivity contribution >= 4 is 33.8 Å². The Hall–Kier alpha value is -3.72. The van der Waals surface area contributed by atoms with Gasteiger partial charge in [0.15, 0.2) is 5.82 Å². The number of fused-ring (bicyclic) bond motifs is 2. The van der Waals surface area contributed by atoms with Crippen LogP contribution in [0.25, 0.3) is 33.5 Å². The lowest BCUT2D eigenvalue weighted by atomic mass is 10.1. The number of carboxylic acids is 1. The fourth-order valence-electron chi connectivity index (χ4n) is 3.53. The van der Waals surface area contributed by atoms with E-state index in [0.717, 1.165) is 0 Å². The lowest BCUT2D eigenvalue weighted by Crippen LogP contribution is -2.40. The van der Waals surface area contributed by atoms with Crippen molar-refractivity contribution < 1.29 is 19.4 Å². The van der Waals surface area contributed by atoms with Gasteiger partial charge in [0.05, 0.1) is 35.3 Å². The second-order valence-corrected chi connectivity index (χ2v) is 6.86. The number of hydrogen-bond donors (Lipinski definition) is 3. The monoisotopic (exact) mass is 391 g/mol. The number of carbonyl (C=O) groups is 2. The lowest BCUT2D eigenvalue weighted by Gasteiger charge is -2.26. The van der Waals surface area contributed by atoms with Crippen molar-refractivity contribution in [2.24, 2.45) is 0 Å². The van der Waals surface area contributed by atoms with Gasteiger partial charge < -0.3 is 19.7 Å². The van der Waals surface area contributed by atoms with Crippen LogP contribution in [0, 0.1) is 0 Å². The zero-order chi connectivity index (χ0) is 20.0. The highest BCUT2D eigenvalue weighted by atomic mass is 16.5. The average Bonchev–Trinajstić information content (AvgIpc) is 3.36. The topological polar surface area (TPSA) is 124 Å². The van der Waals surface area contributed by atoms with E-state index >= 15 is 0 Å². The summed E-state index contributed by atoms with van der Waals surface area (Å²) in [6.07, 6.45) is 0. The number of amides is 1. The lowest BCUT2D eigenvalue weighted by molar-refractivity contribution is 0.0303. The summed E-state index contributed by atoms with van der Waals surface area (Å²) >= 11 is 0. The van der Waals surface area contributed by atoms with Crippen LogP contribution in [0.3, 0.4) is 0 Å². The number of H-pyrrole nitrogens is 2. The second-order valence-electron chi connectivity index (χ2n) is 6.86. The summed E-state index contributed by atoms with van der Waals surface area (Å²) in [4.78, 5) is 33.5. The van der Waals surface area contributed by atoms with Gasteiger partial charge in [-0.3, -0.25) is 9.89 Å². The van der Waals surface area contributed by atoms with Crippen molar-refractivity contribution in [3.8, 4) is 11.5 Å². The molecule has 2 aromatic heterocycles. The van der Waals surface area contributed by atoms with Gasteiger partial charge in [-0.1, -0.05) is 0 Å². The third-order valence-electron chi connectivity index (χ3n) is 5.06. The summed E-state index contributed by atoms with van der Waals surface area (Å²) in [6, 6.07) is 10.1. The molecule has 2 aromatic carbocycles. The first kappa shape index (κ1) is 17.4. The Balaban J connectivity index is 1.53. The number of benzene rings is 2. The number of imidazole rings is 1. The molecule has 1 fully saturated rings. The van der Waals surface area contributed by atoms with Gasteiger partial charge in [0.1, 0.15) is 5.69 Å². The van der Waals surface area contributed by atoms with Crippen LogP contribution in [-0.2, 0) is 4.74 Å². The smallest absolute Gasteiger partial charge is 0.335 e. The molecule has 1 aliphatic rings. The van der Waals surface area contributed by atoms with Gasteiger partial charge in [-0.2, -0.15) is 5.10 Å². The first-order valence-corrected chi connectivity index (χ1v) is 9.19. The number of aromatic carboxylic acids is 1. The highest BCUT2D eigenvalue weighted by molar-refractivity contribution is 6.00. The molecule has 0 aliphatic carbocycles. The van der Waals surface area contributed by atoms with Crippen LogP contribution in [0.4, 0.5) is 0 Å². The van der Waals surface area contributed by atoms with E-state index in [1.54, 1.807) is 35.2 Å². The molecular weight excluding hydrogens is 374 g/mol. The average molecular weight is 391 g/mol. The summed E-state index contributed by atoms with van der Waals surface area (Å²) in [5.41, 5.74) is 3.41. The zero-order valence-electron chi connectivity index (χ0n) is 15.3. The molecule has 29 heavy (non-hydrogen) atoms. The van der Waals surface area contributed by atoms with Crippen LogP contribution in [-0.4, -0.2) is 68.4 Å². The molecule has 146 valence electrons. The molecule has 3 N–H and O–H groups in total. The molecule has 1 saturated heterocycles. The minimum atomic E-state index is -1.00. The van der Waals surface area contributed by atoms with E-state index in [-0.39, 0.29) is 11.5 Å². The third kappa shape index (κ3) is 3.01. The summed E-state index contributed by atoms with van der Waals surface area (Å²) in [5.74, 6) is -0.539. The van der Waals surface area contributed by atoms with E-state index < -0.39 is 5.97 Å². The van der Waals surface area contributed by atoms with Crippen molar-refractivity contribution in [3.05, 3.63) is 47.5 Å². The second kappa shape index (κ2) is 6.71. The molecule has 3 heterocycles. The molecule has 4 aromatic rings. The summed E-state index contributed by atoms with van der Waals surface area (Å²) < 4.78 is 5.30. The molecule has 1 amide bonds. The highest BCUT2D eigenvalue weighted by Crippen LogP contribution is 2.27. The van der Waals surface area contributed by atoms with E-state index in [4.69, 9.17) is 4.74 Å². The van der Waals surface area contributed by atoms with Crippen molar-refractivity contribution in [1.82, 2.24) is 25.1 Å². The fourth-order valence-corrected chi connectivity index (χ4v) is 3.53. The summed E-state index contributed by atoms with van der Waals surface area (Å²) in [7, 11) is 0. The molecule has 0 radical (unpaired) electrons. The minimum absolute atomic E-state index is 0.0392. The zero-order valence-corrected chi connectivity index (χ0v) is 15.3. The number of ether oxygens (including phenoxy) is 1. The van der Waals surface area contributed by atoms with Crippen LogP contribution in [0.5, 0.6) is 0 Å². The standard InChI is InChI=1S/C20H17N5O4/c26-19(25-5-7-29-8-6-25)11-1-4-15-16(10-11)22-18(21-15)17-13-9-12(20(27)28)2-3-14(13)23-24-17/h1-4,9-10H,5-8H2,(H,21,22)(H,23,24)(H,27,28). The largest absolute Gasteiger partial charge is 0.478 e. The van der Waals surface area contributed by atoms with Gasteiger partial charge in [0.2, 0.25) is 0 Å². The number of carbonyl (C=O) groups excluding carboxylic acids is 1. The number of aromatic amines is 2. The summed E-state index contributed by atoms with van der Waals surface area (Å²) in [5, 5.41) is 17.1. The molecule has 0 bridgehead atoms. The predicted octanol–water partition coefficient (Wildman–Crippen LogP) is 2.28. The van der Waals surface area contributed by atoms with Crippen LogP contribution >= 0.6 is 0 Å². The van der Waals surface area contributed by atoms with E-state index in [0.29, 0.717) is 65.3 Å². The van der Waals surface area contributed by atoms with E-state index in [1.807, 2.05) is 0 Å². The summed E-state index contributed by atoms with van der Waals surface area (Å²) in [6.45, 7) is 2.26. The number of rotatable bonds is 3. The third-order valence-corrected chi connectivity index (χ3v) is 5.06. The molecule has 0 atom stereocenters. The Morgan fingerprint density at radius 3 is 2.62 bits per heavy atom. The van der Waals surface area contributed by atoms with Gasteiger partial charge in [-0.15, -0.1) is 0 Å². The van der Waals surface area contributed by atoms with Crippen molar-refractivity contribution in [1.29, 1.82) is 0 Å². The Bertz CT molecular complexity index is 1250. The van der Waals surface area contributed by atoms with Crippen LogP contribution in [0.1, 0.15) is 20.7 Å². The van der Waals surface area contributed by atoms with E-state index in [2.05, 4.69) is 20.2 Å². The maximum absolute atomic E-state index is 12.7. The first-order valence-electron chi connectivity index (χ1n) is 9.19. The normalized spacial score (nSPS) is 14.6. The van der Waals surface area contributed by atoms with Gasteiger partial charge in [-0.05, 0) is 36.4 Å². The molecule has 0 spiro atoms. The molecule has 5 rings (SSSR count). The minimum Gasteiger partial charge on any atom is -0.478 e. The van der Waals surface area contributed by atoms with Gasteiger partial charge in [0.25, 0.3) is 5.91 Å². The number of nitrogens with zero attached hydrogens (tertiary/aromatic N) is 3. The Kier molecular flexibility index (Phi) is 4.02. The molecule has 0 unspecified atom stereocenters. The number of aromatic nitrogens is 4. The van der Waals surface area contributed by atoms with E-state index in [9.17, 15) is 14.7 Å². The number of nitrogens with one attached hydrogen (secondary N) is 2. The van der Waals surface area contributed by atoms with Crippen LogP contribution in [0.2, 0.25) is 0 Å². The number of hydrogen-bond acceptors (Lipinski definition) is 5. The first-order chi connectivity index (χ1) is 14.1. The quantitative estimate of drug-likeness (QED) is 0.492. The van der Waals surface area contributed by atoms with E-state index in [1.165, 1.54) is 6.07 Å². The molecule has 9 heteroatoms. The molecule has 0 saturated carbocycles. The Labute approximate surface area is 164 Å². The Morgan fingerprint density at radius 1 is 1.03 bits per heavy atom. The molecule has 1 aliphatic heterocycles. The predicted molar refractivity (Wildman–Crippen MR) is 105 cm³/mol. The fraction of sp³-hybridized carbons (Fsp3) is 0.200. The van der Waals surface area contributed by atoms with Gasteiger partial charge in [0, 0.05) is 24.0 Å². The van der Waals surface area contributed by atoms with Gasteiger partial charge >= 0.3 is 5.97 Å². The number of morpholine rings is 1. The van der Waals surface area contributed by atoms with Crippen molar-refractivity contribution in [3.63, 3.8) is 0 Å². The number of carboxylic acid groups (broad SMARTS) is 1. The van der Waals surface area contributed by atoms with Gasteiger partial charge in [-0.25, -0.2) is 9.78 Å². The highest BCUT2D eigenvalue weighted by Gasteiger charge is 2.20. The molecule has 9 nitrogen and oxygen atoms in total. The maximum atomic E-state index is 12.7. The van der Waals surface area contributed by atoms with Crippen LogP contribution < -0.4 is 0 Å². The van der Waals surface area contributed by atoms with Crippen molar-refractivity contribution in [2.75, 3.05) is 26.3 Å². The van der Waals surface area contributed by atoms with Crippen LogP contribution in [0.15, 0.2) is 36.4 Å². The SMILES string of the molecule is O=C(O)c1ccc2[nH]nc(-c3nc4ccc(C(=O)N5CCOCC5)cc4[nH]3)c2c1. The molecular formula is C20H17N5O4. The van der Waals surface area contributed by atoms with Crippen molar-refractivity contribution in [2.45, 2.75) is 0 Å². The Morgan fingerprint density at radius 2 is 1.83 bits per heavy atom. The maximum Gasteiger partial charge on any atom is 0.335 e.